The number of ether oxygens (including phenoxy) is 1. The first-order valence-electron chi connectivity index (χ1n) is 4.98. The van der Waals surface area contributed by atoms with Crippen molar-refractivity contribution in [1.29, 1.82) is 0 Å². The van der Waals surface area contributed by atoms with Gasteiger partial charge in [-0.3, -0.25) is 4.90 Å². The molecule has 1 aliphatic rings. The summed E-state index contributed by atoms with van der Waals surface area (Å²) in [7, 11) is 0. The van der Waals surface area contributed by atoms with E-state index < -0.39 is 0 Å². The lowest BCUT2D eigenvalue weighted by Crippen LogP contribution is -2.61. The minimum absolute atomic E-state index is 0.209. The molecule has 1 fully saturated rings. The number of morpholine rings is 1. The van der Waals surface area contributed by atoms with Crippen LogP contribution in [0.25, 0.3) is 0 Å². The van der Waals surface area contributed by atoms with Gasteiger partial charge in [0.2, 0.25) is 0 Å². The Morgan fingerprint density at radius 1 is 1.14 bits per heavy atom. The summed E-state index contributed by atoms with van der Waals surface area (Å²) in [5, 5.41) is 1.96. The highest BCUT2D eigenvalue weighted by Gasteiger charge is 2.37. The van der Waals surface area contributed by atoms with Gasteiger partial charge in [-0.05, 0) is 20.8 Å². The first-order valence-corrected chi connectivity index (χ1v) is 7.23. The molecule has 0 radical (unpaired) electrons. The van der Waals surface area contributed by atoms with Gasteiger partial charge < -0.3 is 4.74 Å². The molecule has 0 aliphatic carbocycles. The lowest BCUT2D eigenvalue weighted by molar-refractivity contribution is -0.0739. The molecule has 0 amide bonds. The average molecular weight is 329 g/mol. The van der Waals surface area contributed by atoms with E-state index in [0.29, 0.717) is 12.1 Å². The molecule has 1 aliphatic heterocycles. The van der Waals surface area contributed by atoms with Crippen molar-refractivity contribution in [2.75, 3.05) is 23.9 Å². The van der Waals surface area contributed by atoms with E-state index in [4.69, 9.17) is 4.74 Å². The van der Waals surface area contributed by atoms with Gasteiger partial charge >= 0.3 is 0 Å². The smallest absolute Gasteiger partial charge is 0.0631 e. The highest BCUT2D eigenvalue weighted by Crippen LogP contribution is 2.26. The summed E-state index contributed by atoms with van der Waals surface area (Å²) in [4.78, 5) is 2.56. The van der Waals surface area contributed by atoms with E-state index in [2.05, 4.69) is 57.5 Å². The third kappa shape index (κ3) is 2.94. The van der Waals surface area contributed by atoms with Crippen LogP contribution in [-0.2, 0) is 4.74 Å². The fourth-order valence-corrected chi connectivity index (χ4v) is 3.13. The van der Waals surface area contributed by atoms with Crippen LogP contribution in [0.5, 0.6) is 0 Å². The predicted octanol–water partition coefficient (Wildman–Crippen LogP) is 2.64. The van der Waals surface area contributed by atoms with Crippen LogP contribution in [-0.4, -0.2) is 46.4 Å². The number of halogens is 2. The van der Waals surface area contributed by atoms with Gasteiger partial charge in [0.1, 0.15) is 0 Å². The summed E-state index contributed by atoms with van der Waals surface area (Å²) >= 11 is 7.13. The molecule has 1 rings (SSSR count). The van der Waals surface area contributed by atoms with Crippen LogP contribution in [0.2, 0.25) is 0 Å². The summed E-state index contributed by atoms with van der Waals surface area (Å²) in [6.45, 7) is 8.48. The van der Waals surface area contributed by atoms with Gasteiger partial charge in [0.25, 0.3) is 0 Å². The number of alkyl halides is 2. The quantitative estimate of drug-likeness (QED) is 0.723. The lowest BCUT2D eigenvalue weighted by atomic mass is 9.99. The molecule has 1 saturated heterocycles. The van der Waals surface area contributed by atoms with Crippen LogP contribution in [0, 0.1) is 0 Å². The van der Waals surface area contributed by atoms with Crippen LogP contribution in [0.1, 0.15) is 20.8 Å². The van der Waals surface area contributed by atoms with Gasteiger partial charge in [-0.1, -0.05) is 31.9 Å². The number of hydrogen-bond acceptors (Lipinski definition) is 2. The molecule has 2 nitrogen and oxygen atoms in total. The molecule has 0 aromatic rings. The standard InChI is InChI=1S/C10H19Br2NO/c1-10(2,3)13-8(4-11)6-14-7-9(13)5-12/h8-9H,4-7H2,1-3H3/t8-,9+. The number of rotatable bonds is 2. The molecule has 1 heterocycles. The zero-order valence-electron chi connectivity index (χ0n) is 9.09. The maximum absolute atomic E-state index is 5.60. The van der Waals surface area contributed by atoms with Crippen LogP contribution in [0.4, 0.5) is 0 Å². The predicted molar refractivity (Wildman–Crippen MR) is 67.6 cm³/mol. The van der Waals surface area contributed by atoms with Gasteiger partial charge in [-0.25, -0.2) is 0 Å². The number of nitrogens with zero attached hydrogens (tertiary/aromatic N) is 1. The first-order chi connectivity index (χ1) is 6.50. The van der Waals surface area contributed by atoms with Crippen LogP contribution in [0.3, 0.4) is 0 Å². The minimum atomic E-state index is 0.209. The van der Waals surface area contributed by atoms with Gasteiger partial charge in [0, 0.05) is 28.3 Å². The van der Waals surface area contributed by atoms with Crippen molar-refractivity contribution in [2.24, 2.45) is 0 Å². The number of hydrogen-bond donors (Lipinski definition) is 0. The molecule has 0 aromatic heterocycles. The van der Waals surface area contributed by atoms with Crippen molar-refractivity contribution in [1.82, 2.24) is 4.90 Å². The molecule has 0 aromatic carbocycles. The van der Waals surface area contributed by atoms with E-state index >= 15 is 0 Å². The largest absolute Gasteiger partial charge is 0.378 e. The molecule has 14 heavy (non-hydrogen) atoms. The second-order valence-corrected chi connectivity index (χ2v) is 6.03. The monoisotopic (exact) mass is 327 g/mol. The Morgan fingerprint density at radius 3 is 1.86 bits per heavy atom. The zero-order chi connectivity index (χ0) is 10.8. The van der Waals surface area contributed by atoms with Crippen molar-refractivity contribution in [3.05, 3.63) is 0 Å². The third-order valence-electron chi connectivity index (χ3n) is 2.54. The Morgan fingerprint density at radius 2 is 1.57 bits per heavy atom. The van der Waals surface area contributed by atoms with Crippen molar-refractivity contribution in [3.8, 4) is 0 Å². The second kappa shape index (κ2) is 5.28. The highest BCUT2D eigenvalue weighted by molar-refractivity contribution is 9.09. The Bertz CT molecular complexity index is 169. The maximum atomic E-state index is 5.60. The van der Waals surface area contributed by atoms with E-state index in [9.17, 15) is 0 Å². The summed E-state index contributed by atoms with van der Waals surface area (Å²) in [6, 6.07) is 0.984. The maximum Gasteiger partial charge on any atom is 0.0631 e. The molecule has 0 spiro atoms. The first kappa shape index (κ1) is 12.9. The molecule has 0 unspecified atom stereocenters. The van der Waals surface area contributed by atoms with Gasteiger partial charge in [-0.2, -0.15) is 0 Å². The molecule has 0 bridgehead atoms. The Hall–Kier alpha value is 0.880. The van der Waals surface area contributed by atoms with Crippen molar-refractivity contribution in [2.45, 2.75) is 38.4 Å². The normalized spacial score (nSPS) is 30.6. The van der Waals surface area contributed by atoms with Gasteiger partial charge in [-0.15, -0.1) is 0 Å². The van der Waals surface area contributed by atoms with Gasteiger partial charge in [0.05, 0.1) is 13.2 Å². The topological polar surface area (TPSA) is 12.5 Å². The van der Waals surface area contributed by atoms with Crippen molar-refractivity contribution in [3.63, 3.8) is 0 Å². The molecule has 4 heteroatoms. The van der Waals surface area contributed by atoms with E-state index in [1.807, 2.05) is 0 Å². The minimum Gasteiger partial charge on any atom is -0.378 e. The average Bonchev–Trinajstić information content (AvgIpc) is 2.15. The molecular weight excluding hydrogens is 310 g/mol. The second-order valence-electron chi connectivity index (χ2n) is 4.73. The van der Waals surface area contributed by atoms with Crippen molar-refractivity contribution < 1.29 is 4.74 Å². The summed E-state index contributed by atoms with van der Waals surface area (Å²) in [6.07, 6.45) is 0. The fourth-order valence-electron chi connectivity index (χ4n) is 2.13. The zero-order valence-corrected chi connectivity index (χ0v) is 12.3. The Kier molecular flexibility index (Phi) is 4.88. The van der Waals surface area contributed by atoms with Crippen LogP contribution < -0.4 is 0 Å². The highest BCUT2D eigenvalue weighted by atomic mass is 79.9. The van der Waals surface area contributed by atoms with Crippen LogP contribution >= 0.6 is 31.9 Å². The third-order valence-corrected chi connectivity index (χ3v) is 4.03. The lowest BCUT2D eigenvalue weighted by Gasteiger charge is -2.48. The van der Waals surface area contributed by atoms with E-state index in [1.54, 1.807) is 0 Å². The van der Waals surface area contributed by atoms with E-state index in [1.165, 1.54) is 0 Å². The van der Waals surface area contributed by atoms with Crippen LogP contribution in [0.15, 0.2) is 0 Å². The molecule has 0 saturated carbocycles. The summed E-state index contributed by atoms with van der Waals surface area (Å²) in [5.74, 6) is 0. The van der Waals surface area contributed by atoms with E-state index in [-0.39, 0.29) is 5.54 Å². The Labute approximate surface area is 104 Å². The Balaban J connectivity index is 2.78. The van der Waals surface area contributed by atoms with Crippen molar-refractivity contribution >= 4 is 31.9 Å². The SMILES string of the molecule is CC(C)(C)N1[C@H](CBr)COC[C@@H]1CBr. The van der Waals surface area contributed by atoms with Gasteiger partial charge in [0.15, 0.2) is 0 Å². The molecule has 84 valence electrons. The van der Waals surface area contributed by atoms with E-state index in [0.717, 1.165) is 23.9 Å². The fraction of sp³-hybridized carbons (Fsp3) is 1.00. The summed E-state index contributed by atoms with van der Waals surface area (Å²) < 4.78 is 5.60. The molecule has 2 atom stereocenters. The molecular formula is C10H19Br2NO. The molecule has 0 N–H and O–H groups in total. The summed E-state index contributed by atoms with van der Waals surface area (Å²) in [5.41, 5.74) is 0.209.